The molecule has 1 fully saturated rings. The summed E-state index contributed by atoms with van der Waals surface area (Å²) < 4.78 is 0. The first-order chi connectivity index (χ1) is 10.7. The highest BCUT2D eigenvalue weighted by molar-refractivity contribution is 8.18. The van der Waals surface area contributed by atoms with Crippen molar-refractivity contribution in [3.8, 4) is 0 Å². The van der Waals surface area contributed by atoms with E-state index in [0.29, 0.717) is 0 Å². The molecule has 0 radical (unpaired) electrons. The van der Waals surface area contributed by atoms with Gasteiger partial charge in [-0.1, -0.05) is 31.2 Å². The van der Waals surface area contributed by atoms with Crippen LogP contribution in [-0.2, 0) is 11.2 Å². The summed E-state index contributed by atoms with van der Waals surface area (Å²) in [5.41, 5.74) is 2.37. The zero-order valence-corrected chi connectivity index (χ0v) is 13.9. The molecular formula is C17H21N3OS. The van der Waals surface area contributed by atoms with Crippen LogP contribution in [0.15, 0.2) is 34.2 Å². The lowest BCUT2D eigenvalue weighted by Gasteiger charge is -2.32. The minimum atomic E-state index is -0.113. The molecule has 1 aromatic carbocycles. The summed E-state index contributed by atoms with van der Waals surface area (Å²) in [6.45, 7) is 6.05. The number of carbonyl (C=O) groups excluding carboxylic acids is 1. The predicted octanol–water partition coefficient (Wildman–Crippen LogP) is 2.47. The third kappa shape index (κ3) is 3.42. The van der Waals surface area contributed by atoms with E-state index in [1.807, 2.05) is 6.08 Å². The molecule has 2 heterocycles. The Morgan fingerprint density at radius 3 is 2.50 bits per heavy atom. The fourth-order valence-corrected chi connectivity index (χ4v) is 3.50. The molecule has 1 amide bonds. The molecule has 0 unspecified atom stereocenters. The van der Waals surface area contributed by atoms with Gasteiger partial charge in [0.25, 0.3) is 5.91 Å². The summed E-state index contributed by atoms with van der Waals surface area (Å²) in [5.74, 6) is -0.113. The number of rotatable bonds is 2. The first-order valence-corrected chi connectivity index (χ1v) is 8.52. The average Bonchev–Trinajstić information content (AvgIpc) is 2.90. The van der Waals surface area contributed by atoms with Crippen molar-refractivity contribution in [1.82, 2.24) is 9.80 Å². The second-order valence-electron chi connectivity index (χ2n) is 5.70. The van der Waals surface area contributed by atoms with E-state index in [9.17, 15) is 4.79 Å². The number of benzene rings is 1. The number of aryl methyl sites for hydroxylation is 1. The van der Waals surface area contributed by atoms with Gasteiger partial charge in [-0.15, -0.1) is 0 Å². The lowest BCUT2D eigenvalue weighted by molar-refractivity contribution is -0.113. The third-order valence-electron chi connectivity index (χ3n) is 4.07. The number of thioether (sulfide) groups is 1. The van der Waals surface area contributed by atoms with E-state index >= 15 is 0 Å². The number of likely N-dealkylation sites (N-methyl/N-ethyl adjacent to an activating group) is 1. The minimum absolute atomic E-state index is 0.113. The summed E-state index contributed by atoms with van der Waals surface area (Å²) in [6.07, 6.45) is 2.97. The van der Waals surface area contributed by atoms with Gasteiger partial charge in [-0.05, 0) is 42.4 Å². The van der Waals surface area contributed by atoms with Crippen LogP contribution in [-0.4, -0.2) is 54.1 Å². The zero-order chi connectivity index (χ0) is 15.5. The molecule has 1 aromatic rings. The second-order valence-corrected chi connectivity index (χ2v) is 6.70. The fraction of sp³-hybridized carbons (Fsp3) is 0.412. The number of aliphatic imine (C=N–C) groups is 1. The highest BCUT2D eigenvalue weighted by atomic mass is 32.2. The van der Waals surface area contributed by atoms with Gasteiger partial charge in [0.15, 0.2) is 5.17 Å². The van der Waals surface area contributed by atoms with E-state index in [-0.39, 0.29) is 5.91 Å². The van der Waals surface area contributed by atoms with Crippen molar-refractivity contribution < 1.29 is 4.79 Å². The molecule has 0 aliphatic carbocycles. The van der Waals surface area contributed by atoms with Gasteiger partial charge in [0.05, 0.1) is 4.91 Å². The number of piperazine rings is 1. The van der Waals surface area contributed by atoms with Crippen LogP contribution in [0.5, 0.6) is 0 Å². The molecule has 3 rings (SSSR count). The lowest BCUT2D eigenvalue weighted by atomic mass is 10.1. The Labute approximate surface area is 135 Å². The van der Waals surface area contributed by atoms with Gasteiger partial charge in [0.2, 0.25) is 0 Å². The summed E-state index contributed by atoms with van der Waals surface area (Å²) in [7, 11) is 2.12. The van der Waals surface area contributed by atoms with E-state index in [4.69, 9.17) is 0 Å². The Hall–Kier alpha value is -1.59. The first-order valence-electron chi connectivity index (χ1n) is 7.70. The van der Waals surface area contributed by atoms with Crippen LogP contribution in [0, 0.1) is 0 Å². The predicted molar refractivity (Wildman–Crippen MR) is 92.9 cm³/mol. The summed E-state index contributed by atoms with van der Waals surface area (Å²) in [4.78, 5) is 21.6. The molecule has 2 aliphatic heterocycles. The molecule has 2 aliphatic rings. The normalized spacial score (nSPS) is 21.5. The number of amidine groups is 1. The van der Waals surface area contributed by atoms with E-state index in [2.05, 4.69) is 53.0 Å². The van der Waals surface area contributed by atoms with Crippen LogP contribution in [0.4, 0.5) is 0 Å². The summed E-state index contributed by atoms with van der Waals surface area (Å²) in [5, 5.41) is 0.856. The molecule has 0 atom stereocenters. The standard InChI is InChI=1S/C17H21N3OS/c1-3-13-4-6-14(7-5-13)12-15-16(21)18-17(22-15)20-10-8-19(2)9-11-20/h4-7,12H,3,8-11H2,1-2H3. The second kappa shape index (κ2) is 6.67. The van der Waals surface area contributed by atoms with Gasteiger partial charge in [0, 0.05) is 26.2 Å². The average molecular weight is 315 g/mol. The van der Waals surface area contributed by atoms with Crippen molar-refractivity contribution in [2.75, 3.05) is 33.2 Å². The molecule has 0 saturated carbocycles. The molecule has 5 heteroatoms. The molecule has 0 bridgehead atoms. The van der Waals surface area contributed by atoms with Crippen LogP contribution in [0.25, 0.3) is 6.08 Å². The number of nitrogens with zero attached hydrogens (tertiary/aromatic N) is 3. The molecule has 0 aromatic heterocycles. The maximum Gasteiger partial charge on any atom is 0.286 e. The maximum atomic E-state index is 12.1. The fourth-order valence-electron chi connectivity index (χ4n) is 2.53. The number of amides is 1. The van der Waals surface area contributed by atoms with Crippen molar-refractivity contribution in [2.45, 2.75) is 13.3 Å². The molecular weight excluding hydrogens is 294 g/mol. The van der Waals surface area contributed by atoms with Gasteiger partial charge < -0.3 is 9.80 Å². The van der Waals surface area contributed by atoms with Crippen LogP contribution in [0.1, 0.15) is 18.1 Å². The van der Waals surface area contributed by atoms with Gasteiger partial charge in [-0.25, -0.2) is 0 Å². The molecule has 0 N–H and O–H groups in total. The van der Waals surface area contributed by atoms with Crippen LogP contribution >= 0.6 is 11.8 Å². The van der Waals surface area contributed by atoms with Crippen LogP contribution in [0.2, 0.25) is 0 Å². The van der Waals surface area contributed by atoms with E-state index in [1.54, 1.807) is 0 Å². The molecule has 22 heavy (non-hydrogen) atoms. The molecule has 0 spiro atoms. The lowest BCUT2D eigenvalue weighted by Crippen LogP contribution is -2.46. The number of carbonyl (C=O) groups is 1. The largest absolute Gasteiger partial charge is 0.348 e. The first kappa shape index (κ1) is 15.3. The van der Waals surface area contributed by atoms with E-state index < -0.39 is 0 Å². The van der Waals surface area contributed by atoms with Gasteiger partial charge in [0.1, 0.15) is 0 Å². The number of hydrogen-bond acceptors (Lipinski definition) is 4. The Morgan fingerprint density at radius 2 is 1.86 bits per heavy atom. The Balaban J connectivity index is 1.69. The third-order valence-corrected chi connectivity index (χ3v) is 5.11. The Kier molecular flexibility index (Phi) is 4.64. The quantitative estimate of drug-likeness (QED) is 0.786. The van der Waals surface area contributed by atoms with E-state index in [0.717, 1.165) is 48.2 Å². The maximum absolute atomic E-state index is 12.1. The Morgan fingerprint density at radius 1 is 1.18 bits per heavy atom. The van der Waals surface area contributed by atoms with Crippen molar-refractivity contribution in [3.05, 3.63) is 40.3 Å². The molecule has 4 nitrogen and oxygen atoms in total. The zero-order valence-electron chi connectivity index (χ0n) is 13.1. The van der Waals surface area contributed by atoms with Gasteiger partial charge >= 0.3 is 0 Å². The van der Waals surface area contributed by atoms with Crippen molar-refractivity contribution in [2.24, 2.45) is 4.99 Å². The van der Waals surface area contributed by atoms with Crippen molar-refractivity contribution in [1.29, 1.82) is 0 Å². The smallest absolute Gasteiger partial charge is 0.286 e. The highest BCUT2D eigenvalue weighted by Crippen LogP contribution is 2.30. The van der Waals surface area contributed by atoms with Gasteiger partial charge in [-0.3, -0.25) is 4.79 Å². The SMILES string of the molecule is CCc1ccc(C=C2SC(N3CCN(C)CC3)=NC2=O)cc1. The van der Waals surface area contributed by atoms with Crippen LogP contribution < -0.4 is 0 Å². The highest BCUT2D eigenvalue weighted by Gasteiger charge is 2.27. The number of hydrogen-bond donors (Lipinski definition) is 0. The molecule has 116 valence electrons. The van der Waals surface area contributed by atoms with Crippen molar-refractivity contribution >= 4 is 28.9 Å². The van der Waals surface area contributed by atoms with E-state index in [1.165, 1.54) is 17.3 Å². The van der Waals surface area contributed by atoms with Crippen LogP contribution in [0.3, 0.4) is 0 Å². The Bertz CT molecular complexity index is 613. The molecule has 1 saturated heterocycles. The minimum Gasteiger partial charge on any atom is -0.348 e. The summed E-state index contributed by atoms with van der Waals surface area (Å²) >= 11 is 1.50. The topological polar surface area (TPSA) is 35.9 Å². The van der Waals surface area contributed by atoms with Crippen molar-refractivity contribution in [3.63, 3.8) is 0 Å². The monoisotopic (exact) mass is 315 g/mol. The summed E-state index contributed by atoms with van der Waals surface area (Å²) in [6, 6.07) is 8.35. The van der Waals surface area contributed by atoms with Gasteiger partial charge in [-0.2, -0.15) is 4.99 Å².